The van der Waals surface area contributed by atoms with Gasteiger partial charge in [0.1, 0.15) is 0 Å². The number of hydrogen-bond acceptors (Lipinski definition) is 2. The first-order chi connectivity index (χ1) is 7.69. The molecule has 0 saturated heterocycles. The van der Waals surface area contributed by atoms with Crippen LogP contribution in [-0.4, -0.2) is 31.1 Å². The summed E-state index contributed by atoms with van der Waals surface area (Å²) in [5, 5.41) is 3.29. The molecule has 0 saturated carbocycles. The monoisotopic (exact) mass is 220 g/mol. The molecular weight excluding hydrogens is 196 g/mol. The van der Waals surface area contributed by atoms with E-state index in [0.29, 0.717) is 0 Å². The third kappa shape index (κ3) is 5.56. The van der Waals surface area contributed by atoms with E-state index in [0.717, 1.165) is 37.4 Å². The summed E-state index contributed by atoms with van der Waals surface area (Å²) in [5.74, 6) is 0. The van der Waals surface area contributed by atoms with Crippen LogP contribution in [0.3, 0.4) is 0 Å². The van der Waals surface area contributed by atoms with Gasteiger partial charge in [0, 0.05) is 18.8 Å². The third-order valence-electron chi connectivity index (χ3n) is 2.53. The van der Waals surface area contributed by atoms with Crippen molar-refractivity contribution in [2.24, 2.45) is 0 Å². The Morgan fingerprint density at radius 2 is 1.88 bits per heavy atom. The zero-order valence-corrected chi connectivity index (χ0v) is 10.6. The topological polar surface area (TPSA) is 15.3 Å². The molecule has 2 heteroatoms. The van der Waals surface area contributed by atoms with Gasteiger partial charge in [-0.05, 0) is 18.7 Å². The lowest BCUT2D eigenvalue weighted by atomic mass is 10.2. The standard InChI is InChI=1S/C14H24N2/c1-6-10-14(7-2)13(5)15-11-12-16(8-3)9-4/h6-7,10,15H,1-2,5,8-9,11-12H2,3-4H3/b14-10+. The zero-order valence-electron chi connectivity index (χ0n) is 10.6. The molecule has 0 aliphatic carbocycles. The first kappa shape index (κ1) is 14.7. The van der Waals surface area contributed by atoms with Crippen molar-refractivity contribution in [1.29, 1.82) is 0 Å². The van der Waals surface area contributed by atoms with Gasteiger partial charge in [0.25, 0.3) is 0 Å². The molecular formula is C14H24N2. The summed E-state index contributed by atoms with van der Waals surface area (Å²) in [7, 11) is 0. The summed E-state index contributed by atoms with van der Waals surface area (Å²) in [6.07, 6.45) is 5.43. The maximum absolute atomic E-state index is 3.98. The fourth-order valence-electron chi connectivity index (χ4n) is 1.43. The second-order valence-corrected chi connectivity index (χ2v) is 3.49. The predicted octanol–water partition coefficient (Wildman–Crippen LogP) is 2.73. The van der Waals surface area contributed by atoms with E-state index in [1.807, 2.05) is 6.08 Å². The number of likely N-dealkylation sites (N-methyl/N-ethyl adjacent to an activating group) is 1. The molecule has 0 unspecified atom stereocenters. The molecule has 0 fully saturated rings. The minimum absolute atomic E-state index is 0.905. The van der Waals surface area contributed by atoms with Gasteiger partial charge in [-0.15, -0.1) is 0 Å². The van der Waals surface area contributed by atoms with Gasteiger partial charge < -0.3 is 10.2 Å². The molecule has 0 bridgehead atoms. The van der Waals surface area contributed by atoms with Crippen molar-refractivity contribution in [2.75, 3.05) is 26.2 Å². The van der Waals surface area contributed by atoms with Gasteiger partial charge in [0.2, 0.25) is 0 Å². The molecule has 0 aliphatic heterocycles. The molecule has 0 spiro atoms. The van der Waals surface area contributed by atoms with Crippen molar-refractivity contribution in [3.05, 3.63) is 49.2 Å². The molecule has 0 aromatic heterocycles. The molecule has 90 valence electrons. The maximum atomic E-state index is 3.98. The largest absolute Gasteiger partial charge is 0.384 e. The van der Waals surface area contributed by atoms with Crippen LogP contribution in [0.1, 0.15) is 13.8 Å². The number of nitrogens with one attached hydrogen (secondary N) is 1. The van der Waals surface area contributed by atoms with E-state index in [4.69, 9.17) is 0 Å². The average Bonchev–Trinajstić information content (AvgIpc) is 2.31. The second-order valence-electron chi connectivity index (χ2n) is 3.49. The molecule has 0 aliphatic rings. The van der Waals surface area contributed by atoms with Crippen LogP contribution in [0.15, 0.2) is 49.2 Å². The molecule has 0 radical (unpaired) electrons. The molecule has 0 rings (SSSR count). The van der Waals surface area contributed by atoms with Crippen molar-refractivity contribution in [3.8, 4) is 0 Å². The van der Waals surface area contributed by atoms with Crippen molar-refractivity contribution < 1.29 is 0 Å². The van der Waals surface area contributed by atoms with Gasteiger partial charge >= 0.3 is 0 Å². The maximum Gasteiger partial charge on any atom is 0.0340 e. The molecule has 0 aromatic carbocycles. The van der Waals surface area contributed by atoms with E-state index < -0.39 is 0 Å². The van der Waals surface area contributed by atoms with Crippen molar-refractivity contribution in [3.63, 3.8) is 0 Å². The number of hydrogen-bond donors (Lipinski definition) is 1. The Labute approximate surface area is 100 Å². The Morgan fingerprint density at radius 1 is 1.25 bits per heavy atom. The molecule has 1 N–H and O–H groups in total. The SMILES string of the molecule is C=C/C=C(\C=C)C(=C)NCCN(CC)CC. The molecule has 0 heterocycles. The first-order valence-corrected chi connectivity index (χ1v) is 5.80. The Morgan fingerprint density at radius 3 is 2.31 bits per heavy atom. The van der Waals surface area contributed by atoms with Crippen LogP contribution in [0.5, 0.6) is 0 Å². The smallest absolute Gasteiger partial charge is 0.0340 e. The summed E-state index contributed by atoms with van der Waals surface area (Å²) in [5.41, 5.74) is 1.90. The number of nitrogens with zero attached hydrogens (tertiary/aromatic N) is 1. The minimum atomic E-state index is 0.905. The van der Waals surface area contributed by atoms with Crippen LogP contribution >= 0.6 is 0 Å². The molecule has 2 nitrogen and oxygen atoms in total. The fourth-order valence-corrected chi connectivity index (χ4v) is 1.43. The van der Waals surface area contributed by atoms with Crippen LogP contribution in [0.4, 0.5) is 0 Å². The summed E-state index contributed by atoms with van der Waals surface area (Å²) in [6, 6.07) is 0. The lowest BCUT2D eigenvalue weighted by Crippen LogP contribution is -2.31. The van der Waals surface area contributed by atoms with Gasteiger partial charge in [-0.1, -0.05) is 51.8 Å². The Balaban J connectivity index is 4.01. The first-order valence-electron chi connectivity index (χ1n) is 5.80. The Kier molecular flexibility index (Phi) is 8.26. The Bertz CT molecular complexity index is 260. The molecule has 0 atom stereocenters. The van der Waals surface area contributed by atoms with Gasteiger partial charge in [-0.3, -0.25) is 0 Å². The van der Waals surface area contributed by atoms with Crippen LogP contribution in [0.25, 0.3) is 0 Å². The molecule has 16 heavy (non-hydrogen) atoms. The van der Waals surface area contributed by atoms with Gasteiger partial charge in [0.15, 0.2) is 0 Å². The van der Waals surface area contributed by atoms with E-state index in [1.165, 1.54) is 0 Å². The number of rotatable bonds is 9. The quantitative estimate of drug-likeness (QED) is 0.601. The molecule has 0 aromatic rings. The lowest BCUT2D eigenvalue weighted by Gasteiger charge is -2.19. The highest BCUT2D eigenvalue weighted by Crippen LogP contribution is 2.05. The van der Waals surface area contributed by atoms with Gasteiger partial charge in [-0.25, -0.2) is 0 Å². The van der Waals surface area contributed by atoms with Crippen molar-refractivity contribution in [2.45, 2.75) is 13.8 Å². The van der Waals surface area contributed by atoms with E-state index in [9.17, 15) is 0 Å². The normalized spacial score (nSPS) is 11.3. The highest BCUT2D eigenvalue weighted by atomic mass is 15.1. The third-order valence-corrected chi connectivity index (χ3v) is 2.53. The summed E-state index contributed by atoms with van der Waals surface area (Å²) in [4.78, 5) is 2.37. The van der Waals surface area contributed by atoms with Crippen LogP contribution in [0, 0.1) is 0 Å². The van der Waals surface area contributed by atoms with Crippen LogP contribution in [-0.2, 0) is 0 Å². The van der Waals surface area contributed by atoms with E-state index in [1.54, 1.807) is 12.2 Å². The van der Waals surface area contributed by atoms with Crippen LogP contribution in [0.2, 0.25) is 0 Å². The zero-order chi connectivity index (χ0) is 12.4. The van der Waals surface area contributed by atoms with Gasteiger partial charge in [-0.2, -0.15) is 0 Å². The van der Waals surface area contributed by atoms with E-state index >= 15 is 0 Å². The summed E-state index contributed by atoms with van der Waals surface area (Å²) < 4.78 is 0. The highest BCUT2D eigenvalue weighted by molar-refractivity contribution is 5.37. The predicted molar refractivity (Wildman–Crippen MR) is 73.4 cm³/mol. The van der Waals surface area contributed by atoms with Crippen molar-refractivity contribution in [1.82, 2.24) is 10.2 Å². The Hall–Kier alpha value is -1.28. The summed E-state index contributed by atoms with van der Waals surface area (Å²) >= 11 is 0. The highest BCUT2D eigenvalue weighted by Gasteiger charge is 2.00. The fraction of sp³-hybridized carbons (Fsp3) is 0.429. The van der Waals surface area contributed by atoms with Gasteiger partial charge in [0.05, 0.1) is 0 Å². The van der Waals surface area contributed by atoms with E-state index in [-0.39, 0.29) is 0 Å². The number of allylic oxidation sites excluding steroid dienone is 3. The van der Waals surface area contributed by atoms with Crippen molar-refractivity contribution >= 4 is 0 Å². The minimum Gasteiger partial charge on any atom is -0.384 e. The lowest BCUT2D eigenvalue weighted by molar-refractivity contribution is 0.306. The average molecular weight is 220 g/mol. The summed E-state index contributed by atoms with van der Waals surface area (Å²) in [6.45, 7) is 19.8. The van der Waals surface area contributed by atoms with E-state index in [2.05, 4.69) is 43.8 Å². The molecule has 0 amide bonds. The van der Waals surface area contributed by atoms with Crippen LogP contribution < -0.4 is 5.32 Å². The second kappa shape index (κ2) is 8.98.